The van der Waals surface area contributed by atoms with E-state index < -0.39 is 11.8 Å². The summed E-state index contributed by atoms with van der Waals surface area (Å²) in [4.78, 5) is 15.3. The second-order valence-corrected chi connectivity index (χ2v) is 4.45. The van der Waals surface area contributed by atoms with E-state index in [0.29, 0.717) is 16.8 Å². The zero-order chi connectivity index (χ0) is 14.7. The number of aromatic nitrogens is 1. The maximum Gasteiger partial charge on any atom is 0.341 e. The van der Waals surface area contributed by atoms with Crippen LogP contribution in [0.15, 0.2) is 30.3 Å². The van der Waals surface area contributed by atoms with Gasteiger partial charge < -0.3 is 9.84 Å². The molecule has 0 aliphatic rings. The molecule has 0 atom stereocenters. The van der Waals surface area contributed by atoms with Crippen LogP contribution in [-0.2, 0) is 6.61 Å². The Balaban J connectivity index is 2.30. The van der Waals surface area contributed by atoms with Gasteiger partial charge in [-0.25, -0.2) is 14.2 Å². The zero-order valence-corrected chi connectivity index (χ0v) is 11.2. The Morgan fingerprint density at radius 2 is 2.05 bits per heavy atom. The summed E-state index contributed by atoms with van der Waals surface area (Å²) in [6, 6.07) is 7.84. The maximum atomic E-state index is 13.5. The Morgan fingerprint density at radius 3 is 2.70 bits per heavy atom. The van der Waals surface area contributed by atoms with Gasteiger partial charge in [0.2, 0.25) is 5.88 Å². The Bertz CT molecular complexity index is 656. The minimum Gasteiger partial charge on any atom is -0.477 e. The highest BCUT2D eigenvalue weighted by Crippen LogP contribution is 2.22. The topological polar surface area (TPSA) is 59.4 Å². The van der Waals surface area contributed by atoms with Crippen LogP contribution in [0.25, 0.3) is 0 Å². The molecule has 0 aliphatic heterocycles. The number of ether oxygens (including phenoxy) is 1. The number of benzene rings is 1. The number of hydrogen-bond acceptors (Lipinski definition) is 3. The SMILES string of the molecule is Cc1cc(C)c(C(=O)O)c(OCc2ccccc2F)n1. The number of carboxylic acid groups (broad SMARTS) is 1. The molecule has 104 valence electrons. The molecule has 0 amide bonds. The first-order chi connectivity index (χ1) is 9.49. The van der Waals surface area contributed by atoms with Crippen molar-refractivity contribution in [3.63, 3.8) is 0 Å². The van der Waals surface area contributed by atoms with E-state index >= 15 is 0 Å². The lowest BCUT2D eigenvalue weighted by Gasteiger charge is -2.11. The van der Waals surface area contributed by atoms with E-state index in [1.54, 1.807) is 38.1 Å². The fourth-order valence-electron chi connectivity index (χ4n) is 1.93. The lowest BCUT2D eigenvalue weighted by atomic mass is 10.1. The summed E-state index contributed by atoms with van der Waals surface area (Å²) >= 11 is 0. The predicted molar refractivity (Wildman–Crippen MR) is 71.4 cm³/mol. The highest BCUT2D eigenvalue weighted by Gasteiger charge is 2.17. The summed E-state index contributed by atoms with van der Waals surface area (Å²) in [7, 11) is 0. The number of pyridine rings is 1. The van der Waals surface area contributed by atoms with Crippen LogP contribution >= 0.6 is 0 Å². The number of carboxylic acids is 1. The number of aryl methyl sites for hydroxylation is 2. The maximum absolute atomic E-state index is 13.5. The zero-order valence-electron chi connectivity index (χ0n) is 11.2. The van der Waals surface area contributed by atoms with Crippen LogP contribution in [0.2, 0.25) is 0 Å². The van der Waals surface area contributed by atoms with E-state index in [0.717, 1.165) is 0 Å². The van der Waals surface area contributed by atoms with Gasteiger partial charge in [0.15, 0.2) is 0 Å². The van der Waals surface area contributed by atoms with Gasteiger partial charge in [-0.15, -0.1) is 0 Å². The summed E-state index contributed by atoms with van der Waals surface area (Å²) in [6.45, 7) is 3.35. The fourth-order valence-corrected chi connectivity index (χ4v) is 1.93. The third-order valence-electron chi connectivity index (χ3n) is 2.85. The Morgan fingerprint density at radius 1 is 1.35 bits per heavy atom. The van der Waals surface area contributed by atoms with Crippen LogP contribution in [0.4, 0.5) is 4.39 Å². The molecule has 0 unspecified atom stereocenters. The average molecular weight is 275 g/mol. The number of rotatable bonds is 4. The summed E-state index contributed by atoms with van der Waals surface area (Å²) in [6.07, 6.45) is 0. The van der Waals surface area contributed by atoms with E-state index in [2.05, 4.69) is 4.98 Å². The first-order valence-corrected chi connectivity index (χ1v) is 6.06. The van der Waals surface area contributed by atoms with Gasteiger partial charge in [-0.1, -0.05) is 18.2 Å². The molecule has 0 saturated heterocycles. The van der Waals surface area contributed by atoms with Crippen molar-refractivity contribution < 1.29 is 19.0 Å². The Hall–Kier alpha value is -2.43. The summed E-state index contributed by atoms with van der Waals surface area (Å²) in [5, 5.41) is 9.20. The molecule has 0 bridgehead atoms. The van der Waals surface area contributed by atoms with Gasteiger partial charge in [-0.3, -0.25) is 0 Å². The van der Waals surface area contributed by atoms with Gasteiger partial charge >= 0.3 is 5.97 Å². The third kappa shape index (κ3) is 2.93. The third-order valence-corrected chi connectivity index (χ3v) is 2.85. The molecule has 1 aromatic heterocycles. The van der Waals surface area contributed by atoms with Crippen molar-refractivity contribution in [2.75, 3.05) is 0 Å². The largest absolute Gasteiger partial charge is 0.477 e. The molecule has 0 radical (unpaired) electrons. The lowest BCUT2D eigenvalue weighted by molar-refractivity contribution is 0.0689. The van der Waals surface area contributed by atoms with Crippen LogP contribution in [0.5, 0.6) is 5.88 Å². The van der Waals surface area contributed by atoms with Gasteiger partial charge in [0, 0.05) is 11.3 Å². The van der Waals surface area contributed by atoms with E-state index in [-0.39, 0.29) is 18.1 Å². The fraction of sp³-hybridized carbons (Fsp3) is 0.200. The summed E-state index contributed by atoms with van der Waals surface area (Å²) in [5.41, 5.74) is 1.57. The molecule has 0 saturated carbocycles. The van der Waals surface area contributed by atoms with Crippen LogP contribution in [0.3, 0.4) is 0 Å². The quantitative estimate of drug-likeness (QED) is 0.931. The van der Waals surface area contributed by atoms with Crippen molar-refractivity contribution in [1.29, 1.82) is 0 Å². The van der Waals surface area contributed by atoms with E-state index in [4.69, 9.17) is 4.74 Å². The second-order valence-electron chi connectivity index (χ2n) is 4.45. The van der Waals surface area contributed by atoms with Crippen molar-refractivity contribution in [2.45, 2.75) is 20.5 Å². The molecule has 0 aliphatic carbocycles. The van der Waals surface area contributed by atoms with E-state index in [1.807, 2.05) is 0 Å². The molecule has 1 N–H and O–H groups in total. The normalized spacial score (nSPS) is 10.3. The first kappa shape index (κ1) is 14.0. The smallest absolute Gasteiger partial charge is 0.341 e. The number of nitrogens with zero attached hydrogens (tertiary/aromatic N) is 1. The van der Waals surface area contributed by atoms with E-state index in [1.165, 1.54) is 6.07 Å². The highest BCUT2D eigenvalue weighted by molar-refractivity contribution is 5.91. The van der Waals surface area contributed by atoms with Crippen LogP contribution < -0.4 is 4.74 Å². The Kier molecular flexibility index (Phi) is 3.98. The van der Waals surface area contributed by atoms with Gasteiger partial charge in [-0.2, -0.15) is 0 Å². The monoisotopic (exact) mass is 275 g/mol. The van der Waals surface area contributed by atoms with Crippen LogP contribution in [0.1, 0.15) is 27.2 Å². The molecule has 20 heavy (non-hydrogen) atoms. The minimum absolute atomic E-state index is 0.00643. The standard InChI is InChI=1S/C15H14FNO3/c1-9-7-10(2)17-14(13(9)15(18)19)20-8-11-5-3-4-6-12(11)16/h3-7H,8H2,1-2H3,(H,18,19). The number of carbonyl (C=O) groups is 1. The first-order valence-electron chi connectivity index (χ1n) is 6.06. The van der Waals surface area contributed by atoms with Crippen molar-refractivity contribution in [2.24, 2.45) is 0 Å². The highest BCUT2D eigenvalue weighted by atomic mass is 19.1. The lowest BCUT2D eigenvalue weighted by Crippen LogP contribution is -2.09. The van der Waals surface area contributed by atoms with Crippen molar-refractivity contribution >= 4 is 5.97 Å². The van der Waals surface area contributed by atoms with Crippen molar-refractivity contribution in [3.05, 3.63) is 58.5 Å². The van der Waals surface area contributed by atoms with Gasteiger partial charge in [0.1, 0.15) is 18.0 Å². The average Bonchev–Trinajstić information content (AvgIpc) is 2.36. The molecule has 5 heteroatoms. The Labute approximate surface area is 115 Å². The van der Waals surface area contributed by atoms with E-state index in [9.17, 15) is 14.3 Å². The van der Waals surface area contributed by atoms with Crippen LogP contribution in [-0.4, -0.2) is 16.1 Å². The van der Waals surface area contributed by atoms with Gasteiger partial charge in [0.25, 0.3) is 0 Å². The molecule has 2 aromatic rings. The molecular weight excluding hydrogens is 261 g/mol. The van der Waals surface area contributed by atoms with Crippen molar-refractivity contribution in [1.82, 2.24) is 4.98 Å². The predicted octanol–water partition coefficient (Wildman–Crippen LogP) is 3.11. The minimum atomic E-state index is -1.11. The molecule has 0 fully saturated rings. The second kappa shape index (κ2) is 5.69. The summed E-state index contributed by atoms with van der Waals surface area (Å²) < 4.78 is 18.9. The molecular formula is C15H14FNO3. The van der Waals surface area contributed by atoms with Crippen molar-refractivity contribution in [3.8, 4) is 5.88 Å². The van der Waals surface area contributed by atoms with Gasteiger partial charge in [0.05, 0.1) is 0 Å². The van der Waals surface area contributed by atoms with Gasteiger partial charge in [-0.05, 0) is 31.5 Å². The summed E-state index contributed by atoms with van der Waals surface area (Å²) in [5.74, 6) is -1.49. The molecule has 4 nitrogen and oxygen atoms in total. The molecule has 1 heterocycles. The van der Waals surface area contributed by atoms with Crippen LogP contribution in [0, 0.1) is 19.7 Å². The molecule has 2 rings (SSSR count). The number of halogens is 1. The molecule has 1 aromatic carbocycles. The molecule has 0 spiro atoms. The number of hydrogen-bond donors (Lipinski definition) is 1. The number of aromatic carboxylic acids is 1.